The van der Waals surface area contributed by atoms with Crippen LogP contribution in [-0.2, 0) is 0 Å². The molecule has 2 aromatic rings. The van der Waals surface area contributed by atoms with Gasteiger partial charge in [-0.2, -0.15) is 5.10 Å². The van der Waals surface area contributed by atoms with Crippen LogP contribution in [-0.4, -0.2) is 17.7 Å². The van der Waals surface area contributed by atoms with Crippen LogP contribution in [0.5, 0.6) is 0 Å². The lowest BCUT2D eigenvalue weighted by Gasteiger charge is -2.15. The molecule has 0 amide bonds. The Balaban J connectivity index is 2.02. The molecule has 0 aromatic heterocycles. The Morgan fingerprint density at radius 3 is 1.86 bits per heavy atom. The van der Waals surface area contributed by atoms with Crippen molar-refractivity contribution in [2.45, 2.75) is 20.3 Å². The average Bonchev–Trinajstić information content (AvgIpc) is 2.71. The molecular weight excluding hydrogens is 360 g/mol. The zero-order valence-corrected chi connectivity index (χ0v) is 15.5. The summed E-state index contributed by atoms with van der Waals surface area (Å²) in [6.45, 7) is 3.79. The Labute approximate surface area is 162 Å². The summed E-state index contributed by atoms with van der Waals surface area (Å²) >= 11 is 0. The van der Waals surface area contributed by atoms with Gasteiger partial charge in [0.15, 0.2) is 0 Å². The molecule has 8 heteroatoms. The second-order valence-electron chi connectivity index (χ2n) is 5.71. The summed E-state index contributed by atoms with van der Waals surface area (Å²) in [7, 11) is 0. The predicted molar refractivity (Wildman–Crippen MR) is 103 cm³/mol. The summed E-state index contributed by atoms with van der Waals surface area (Å²) < 4.78 is 0. The molecule has 146 valence electrons. The topological polar surface area (TPSA) is 129 Å². The Bertz CT molecular complexity index is 887. The van der Waals surface area contributed by atoms with Gasteiger partial charge in [0.2, 0.25) is 0 Å². The first-order chi connectivity index (χ1) is 13.4. The number of hydrogen-bond donors (Lipinski definition) is 3. The molecule has 0 bridgehead atoms. The van der Waals surface area contributed by atoms with Crippen LogP contribution < -0.4 is 26.5 Å². The van der Waals surface area contributed by atoms with Crippen molar-refractivity contribution >= 4 is 29.0 Å². The molecule has 3 N–H and O–H groups in total. The van der Waals surface area contributed by atoms with E-state index in [1.54, 1.807) is 24.3 Å². The van der Waals surface area contributed by atoms with Gasteiger partial charge >= 0.3 is 0 Å². The zero-order chi connectivity index (χ0) is 20.5. The highest BCUT2D eigenvalue weighted by molar-refractivity contribution is 6.00. The fourth-order valence-corrected chi connectivity index (χ4v) is 2.28. The molecule has 0 saturated heterocycles. The fourth-order valence-electron chi connectivity index (χ4n) is 2.28. The van der Waals surface area contributed by atoms with E-state index in [0.717, 1.165) is 11.4 Å². The lowest BCUT2D eigenvalue weighted by atomic mass is 10.2. The van der Waals surface area contributed by atoms with Gasteiger partial charge in [-0.3, -0.25) is 10.9 Å². The first-order valence-corrected chi connectivity index (χ1v) is 8.58. The highest BCUT2D eigenvalue weighted by Crippen LogP contribution is 2.11. The number of anilines is 2. The molecule has 0 spiro atoms. The van der Waals surface area contributed by atoms with E-state index in [9.17, 15) is 19.8 Å². The standard InChI is InChI=1S/C20H22N4O4/c1-3-17(23-21-15-9-5-13(6-10-15)19(25)26)18(4-2)24-22-16-11-7-14(8-12-16)20(27)28/h3,5-12,21-23H,4H2,1-2H3,(H,25,26)(H,27,28)/p-2/b17-3-,24-18?. The summed E-state index contributed by atoms with van der Waals surface area (Å²) in [6, 6.07) is 12.2. The third-order valence-electron chi connectivity index (χ3n) is 3.84. The fraction of sp³-hybridized carbons (Fsp3) is 0.150. The third-order valence-corrected chi connectivity index (χ3v) is 3.84. The molecule has 28 heavy (non-hydrogen) atoms. The number of nitrogens with one attached hydrogen (secondary N) is 3. The van der Waals surface area contributed by atoms with Crippen LogP contribution in [0, 0.1) is 0 Å². The molecule has 0 fully saturated rings. The number of carbonyl (C=O) groups excluding carboxylic acids is 2. The molecule has 2 aromatic carbocycles. The largest absolute Gasteiger partial charge is 0.545 e. The van der Waals surface area contributed by atoms with Crippen molar-refractivity contribution in [3.05, 3.63) is 71.4 Å². The first kappa shape index (κ1) is 20.5. The Hall–Kier alpha value is -3.81. The van der Waals surface area contributed by atoms with Gasteiger partial charge in [0.05, 0.1) is 34.7 Å². The first-order valence-electron chi connectivity index (χ1n) is 8.58. The van der Waals surface area contributed by atoms with E-state index >= 15 is 0 Å². The quantitative estimate of drug-likeness (QED) is 0.439. The van der Waals surface area contributed by atoms with Crippen LogP contribution in [0.2, 0.25) is 0 Å². The zero-order valence-electron chi connectivity index (χ0n) is 15.5. The van der Waals surface area contributed by atoms with Gasteiger partial charge in [0.25, 0.3) is 0 Å². The highest BCUT2D eigenvalue weighted by Gasteiger charge is 2.05. The van der Waals surface area contributed by atoms with E-state index in [1.165, 1.54) is 24.3 Å². The monoisotopic (exact) mass is 380 g/mol. The van der Waals surface area contributed by atoms with Gasteiger partial charge in [-0.25, -0.2) is 0 Å². The number of carbonyl (C=O) groups is 2. The van der Waals surface area contributed by atoms with Crippen LogP contribution in [0.3, 0.4) is 0 Å². The van der Waals surface area contributed by atoms with E-state index in [-0.39, 0.29) is 11.1 Å². The third kappa shape index (κ3) is 5.60. The smallest absolute Gasteiger partial charge is 0.0849 e. The van der Waals surface area contributed by atoms with Crippen molar-refractivity contribution < 1.29 is 19.8 Å². The molecule has 0 aliphatic rings. The minimum Gasteiger partial charge on any atom is -0.545 e. The summed E-state index contributed by atoms with van der Waals surface area (Å²) in [6.07, 6.45) is 2.47. The second-order valence-corrected chi connectivity index (χ2v) is 5.71. The maximum absolute atomic E-state index is 10.8. The van der Waals surface area contributed by atoms with Gasteiger partial charge in [-0.15, -0.1) is 0 Å². The second kappa shape index (κ2) is 9.77. The van der Waals surface area contributed by atoms with Crippen molar-refractivity contribution in [3.63, 3.8) is 0 Å². The van der Waals surface area contributed by atoms with Crippen LogP contribution in [0.1, 0.15) is 41.0 Å². The van der Waals surface area contributed by atoms with Crippen molar-refractivity contribution in [2.75, 3.05) is 10.9 Å². The van der Waals surface area contributed by atoms with Crippen molar-refractivity contribution in [1.29, 1.82) is 0 Å². The number of allylic oxidation sites excluding steroid dienone is 2. The van der Waals surface area contributed by atoms with Crippen molar-refractivity contribution in [3.8, 4) is 0 Å². The maximum Gasteiger partial charge on any atom is 0.0849 e. The molecular formula is C20H20N4O4-2. The van der Waals surface area contributed by atoms with E-state index in [1.807, 2.05) is 19.9 Å². The molecule has 2 rings (SSSR count). The van der Waals surface area contributed by atoms with Gasteiger partial charge in [-0.1, -0.05) is 37.3 Å². The van der Waals surface area contributed by atoms with Gasteiger partial charge < -0.3 is 25.2 Å². The molecule has 8 nitrogen and oxygen atoms in total. The minimum absolute atomic E-state index is 0.0925. The lowest BCUT2D eigenvalue weighted by molar-refractivity contribution is -0.256. The SMILES string of the molecule is C/C=C(\NNc1ccc(C(=O)[O-])cc1)C(CC)=NNc1ccc(C(=O)[O-])cc1. The molecule has 0 saturated carbocycles. The van der Waals surface area contributed by atoms with Crippen molar-refractivity contribution in [2.24, 2.45) is 5.10 Å². The molecule has 0 aliphatic carbocycles. The number of hydrogen-bond acceptors (Lipinski definition) is 8. The van der Waals surface area contributed by atoms with Crippen LogP contribution in [0.25, 0.3) is 0 Å². The normalized spacial score (nSPS) is 11.6. The maximum atomic E-state index is 10.8. The molecule has 0 heterocycles. The number of nitrogens with zero attached hydrogens (tertiary/aromatic N) is 1. The number of hydrazine groups is 1. The van der Waals surface area contributed by atoms with E-state index in [4.69, 9.17) is 0 Å². The van der Waals surface area contributed by atoms with Gasteiger partial charge in [-0.05, 0) is 48.7 Å². The number of carboxylic acids is 2. The Kier molecular flexibility index (Phi) is 7.15. The van der Waals surface area contributed by atoms with E-state index < -0.39 is 11.9 Å². The van der Waals surface area contributed by atoms with Crippen LogP contribution >= 0.6 is 0 Å². The number of benzene rings is 2. The number of hydrazone groups is 1. The lowest BCUT2D eigenvalue weighted by Crippen LogP contribution is -2.27. The molecule has 0 atom stereocenters. The van der Waals surface area contributed by atoms with Crippen LogP contribution in [0.4, 0.5) is 11.4 Å². The van der Waals surface area contributed by atoms with Crippen LogP contribution in [0.15, 0.2) is 65.4 Å². The summed E-state index contributed by atoms with van der Waals surface area (Å²) in [5, 5.41) is 25.9. The number of aromatic carboxylic acids is 2. The Morgan fingerprint density at radius 1 is 0.929 bits per heavy atom. The van der Waals surface area contributed by atoms with Gasteiger partial charge in [0.1, 0.15) is 0 Å². The average molecular weight is 380 g/mol. The van der Waals surface area contributed by atoms with E-state index in [2.05, 4.69) is 21.4 Å². The minimum atomic E-state index is -1.23. The number of rotatable bonds is 9. The van der Waals surface area contributed by atoms with E-state index in [0.29, 0.717) is 17.8 Å². The molecule has 0 aliphatic heterocycles. The van der Waals surface area contributed by atoms with Crippen molar-refractivity contribution in [1.82, 2.24) is 5.43 Å². The summed E-state index contributed by atoms with van der Waals surface area (Å²) in [5.74, 6) is -2.46. The molecule has 0 radical (unpaired) electrons. The van der Waals surface area contributed by atoms with Gasteiger partial charge in [0, 0.05) is 0 Å². The highest BCUT2D eigenvalue weighted by atomic mass is 16.4. The Morgan fingerprint density at radius 2 is 1.43 bits per heavy atom. The number of carboxylic acid groups (broad SMARTS) is 2. The summed E-state index contributed by atoms with van der Waals surface area (Å²) in [4.78, 5) is 21.6. The summed E-state index contributed by atoms with van der Waals surface area (Å²) in [5.41, 5.74) is 11.9. The molecule has 0 unspecified atom stereocenters. The predicted octanol–water partition coefficient (Wildman–Crippen LogP) is 1.11.